The van der Waals surface area contributed by atoms with Gasteiger partial charge in [0, 0.05) is 6.42 Å². The highest BCUT2D eigenvalue weighted by molar-refractivity contribution is 5.66. The van der Waals surface area contributed by atoms with Crippen LogP contribution in [0.4, 0.5) is 0 Å². The van der Waals surface area contributed by atoms with Crippen LogP contribution in [-0.4, -0.2) is 11.1 Å². The fraction of sp³-hybridized carbons (Fsp3) is 0.750. The number of hydrogen-bond acceptors (Lipinski definition) is 1. The number of carboxylic acid groups (broad SMARTS) is 1. The third-order valence-electron chi connectivity index (χ3n) is 1.99. The third kappa shape index (κ3) is 17.3. The molecule has 0 rings (SSSR count). The lowest BCUT2D eigenvalue weighted by molar-refractivity contribution is -0.137. The zero-order valence-corrected chi connectivity index (χ0v) is 9.43. The topological polar surface area (TPSA) is 37.3 Å². The smallest absolute Gasteiger partial charge is 0.303 e. The molecule has 0 aliphatic heterocycles. The second-order valence-corrected chi connectivity index (χ2v) is 3.27. The summed E-state index contributed by atoms with van der Waals surface area (Å²) in [5.41, 5.74) is 0. The Morgan fingerprint density at radius 2 is 1.43 bits per heavy atom. The van der Waals surface area contributed by atoms with E-state index < -0.39 is 5.97 Å². The van der Waals surface area contributed by atoms with Crippen LogP contribution in [0.1, 0.15) is 58.3 Å². The molecule has 0 atom stereocenters. The maximum absolute atomic E-state index is 10.1. The van der Waals surface area contributed by atoms with Crippen LogP contribution in [0.25, 0.3) is 0 Å². The SMILES string of the molecule is C=C.CCCCCCCCCC(=O)O. The quantitative estimate of drug-likeness (QED) is 0.474. The Kier molecular flexibility index (Phi) is 16.5. The number of hydrogen-bond donors (Lipinski definition) is 1. The van der Waals surface area contributed by atoms with E-state index in [0.29, 0.717) is 6.42 Å². The van der Waals surface area contributed by atoms with Gasteiger partial charge in [0.25, 0.3) is 0 Å². The molecular formula is C12H24O2. The average molecular weight is 200 g/mol. The first-order valence-electron chi connectivity index (χ1n) is 5.49. The molecule has 0 aliphatic rings. The van der Waals surface area contributed by atoms with E-state index >= 15 is 0 Å². The summed E-state index contributed by atoms with van der Waals surface area (Å²) in [7, 11) is 0. The Bertz CT molecular complexity index is 121. The summed E-state index contributed by atoms with van der Waals surface area (Å²) in [5.74, 6) is -0.663. The molecule has 2 nitrogen and oxygen atoms in total. The van der Waals surface area contributed by atoms with Gasteiger partial charge in [0.1, 0.15) is 0 Å². The lowest BCUT2D eigenvalue weighted by Gasteiger charge is -1.98. The van der Waals surface area contributed by atoms with Gasteiger partial charge in [-0.1, -0.05) is 45.4 Å². The van der Waals surface area contributed by atoms with Crippen LogP contribution in [0, 0.1) is 0 Å². The molecule has 0 saturated heterocycles. The van der Waals surface area contributed by atoms with Crippen molar-refractivity contribution in [3.63, 3.8) is 0 Å². The zero-order chi connectivity index (χ0) is 11.2. The predicted molar refractivity (Wildman–Crippen MR) is 61.5 cm³/mol. The minimum Gasteiger partial charge on any atom is -0.481 e. The molecule has 0 unspecified atom stereocenters. The molecule has 0 aromatic rings. The van der Waals surface area contributed by atoms with Crippen molar-refractivity contribution in [1.29, 1.82) is 0 Å². The normalized spacial score (nSPS) is 8.93. The maximum Gasteiger partial charge on any atom is 0.303 e. The first-order chi connectivity index (χ1) is 6.77. The summed E-state index contributed by atoms with van der Waals surface area (Å²) in [6, 6.07) is 0. The van der Waals surface area contributed by atoms with Gasteiger partial charge in [0.2, 0.25) is 0 Å². The summed E-state index contributed by atoms with van der Waals surface area (Å²) in [5, 5.41) is 8.35. The predicted octanol–water partition coefficient (Wildman–Crippen LogP) is 4.01. The molecule has 14 heavy (non-hydrogen) atoms. The lowest BCUT2D eigenvalue weighted by atomic mass is 10.1. The van der Waals surface area contributed by atoms with Crippen LogP contribution in [0.3, 0.4) is 0 Å². The first-order valence-corrected chi connectivity index (χ1v) is 5.49. The Balaban J connectivity index is 0. The molecule has 0 aromatic heterocycles. The fourth-order valence-corrected chi connectivity index (χ4v) is 1.23. The minimum absolute atomic E-state index is 0.341. The molecule has 1 N–H and O–H groups in total. The molecule has 0 radical (unpaired) electrons. The van der Waals surface area contributed by atoms with Crippen LogP contribution in [0.15, 0.2) is 13.2 Å². The van der Waals surface area contributed by atoms with Crippen molar-refractivity contribution in [3.8, 4) is 0 Å². The highest BCUT2D eigenvalue weighted by atomic mass is 16.4. The second kappa shape index (κ2) is 14.7. The van der Waals surface area contributed by atoms with Gasteiger partial charge in [0.05, 0.1) is 0 Å². The van der Waals surface area contributed by atoms with Crippen molar-refractivity contribution < 1.29 is 9.90 Å². The van der Waals surface area contributed by atoms with Gasteiger partial charge < -0.3 is 5.11 Å². The van der Waals surface area contributed by atoms with Crippen molar-refractivity contribution in [2.24, 2.45) is 0 Å². The number of aliphatic carboxylic acids is 1. The first kappa shape index (κ1) is 15.7. The highest BCUT2D eigenvalue weighted by Crippen LogP contribution is 2.07. The fourth-order valence-electron chi connectivity index (χ4n) is 1.23. The van der Waals surface area contributed by atoms with Crippen molar-refractivity contribution in [1.82, 2.24) is 0 Å². The summed E-state index contributed by atoms with van der Waals surface area (Å²) < 4.78 is 0. The van der Waals surface area contributed by atoms with E-state index in [1.807, 2.05) is 0 Å². The van der Waals surface area contributed by atoms with Crippen LogP contribution in [-0.2, 0) is 4.79 Å². The van der Waals surface area contributed by atoms with E-state index in [1.165, 1.54) is 32.1 Å². The summed E-state index contributed by atoms with van der Waals surface area (Å²) in [4.78, 5) is 10.1. The van der Waals surface area contributed by atoms with Gasteiger partial charge in [-0.3, -0.25) is 4.79 Å². The third-order valence-corrected chi connectivity index (χ3v) is 1.99. The molecule has 0 aliphatic carbocycles. The molecule has 2 heteroatoms. The van der Waals surface area contributed by atoms with Crippen molar-refractivity contribution in [2.75, 3.05) is 0 Å². The number of unbranched alkanes of at least 4 members (excludes halogenated alkanes) is 6. The van der Waals surface area contributed by atoms with E-state index in [0.717, 1.165) is 12.8 Å². The molecule has 0 aromatic carbocycles. The number of carboxylic acids is 1. The molecular weight excluding hydrogens is 176 g/mol. The van der Waals surface area contributed by atoms with Crippen LogP contribution < -0.4 is 0 Å². The number of carbonyl (C=O) groups is 1. The van der Waals surface area contributed by atoms with Gasteiger partial charge >= 0.3 is 5.97 Å². The Labute approximate surface area is 88.0 Å². The van der Waals surface area contributed by atoms with E-state index in [2.05, 4.69) is 20.1 Å². The molecule has 0 bridgehead atoms. The highest BCUT2D eigenvalue weighted by Gasteiger charge is 1.95. The van der Waals surface area contributed by atoms with Crippen LogP contribution in [0.5, 0.6) is 0 Å². The zero-order valence-electron chi connectivity index (χ0n) is 9.43. The second-order valence-electron chi connectivity index (χ2n) is 3.27. The Morgan fingerprint density at radius 1 is 1.00 bits per heavy atom. The van der Waals surface area contributed by atoms with E-state index in [1.54, 1.807) is 0 Å². The molecule has 0 fully saturated rings. The van der Waals surface area contributed by atoms with E-state index in [4.69, 9.17) is 5.11 Å². The summed E-state index contributed by atoms with van der Waals surface area (Å²) >= 11 is 0. The largest absolute Gasteiger partial charge is 0.481 e. The van der Waals surface area contributed by atoms with Gasteiger partial charge in [-0.15, -0.1) is 13.2 Å². The molecule has 0 amide bonds. The molecule has 0 spiro atoms. The standard InChI is InChI=1S/C10H20O2.C2H4/c1-2-3-4-5-6-7-8-9-10(11)12;1-2/h2-9H2,1H3,(H,11,12);1-2H2. The van der Waals surface area contributed by atoms with Crippen LogP contribution in [0.2, 0.25) is 0 Å². The maximum atomic E-state index is 10.1. The molecule has 84 valence electrons. The van der Waals surface area contributed by atoms with Crippen molar-refractivity contribution in [3.05, 3.63) is 13.2 Å². The van der Waals surface area contributed by atoms with Gasteiger partial charge in [-0.2, -0.15) is 0 Å². The molecule has 0 heterocycles. The van der Waals surface area contributed by atoms with Gasteiger partial charge in [0.15, 0.2) is 0 Å². The van der Waals surface area contributed by atoms with Gasteiger partial charge in [-0.05, 0) is 6.42 Å². The minimum atomic E-state index is -0.663. The van der Waals surface area contributed by atoms with Gasteiger partial charge in [-0.25, -0.2) is 0 Å². The van der Waals surface area contributed by atoms with Crippen LogP contribution >= 0.6 is 0 Å². The van der Waals surface area contributed by atoms with Crippen molar-refractivity contribution in [2.45, 2.75) is 58.3 Å². The average Bonchev–Trinajstić information content (AvgIpc) is 2.19. The summed E-state index contributed by atoms with van der Waals surface area (Å²) in [6.45, 7) is 8.20. The molecule has 0 saturated carbocycles. The Morgan fingerprint density at radius 3 is 1.86 bits per heavy atom. The van der Waals surface area contributed by atoms with Crippen molar-refractivity contribution >= 4 is 5.97 Å². The number of rotatable bonds is 8. The monoisotopic (exact) mass is 200 g/mol. The summed E-state index contributed by atoms with van der Waals surface area (Å²) in [6.07, 6.45) is 8.64. The lowest BCUT2D eigenvalue weighted by Crippen LogP contribution is -1.93. The van der Waals surface area contributed by atoms with E-state index in [9.17, 15) is 4.79 Å². The van der Waals surface area contributed by atoms with E-state index in [-0.39, 0.29) is 0 Å². The Hall–Kier alpha value is -0.790.